The molecule has 1 aromatic carbocycles. The second-order valence-corrected chi connectivity index (χ2v) is 4.75. The van der Waals surface area contributed by atoms with Crippen LogP contribution in [0.5, 0.6) is 0 Å². The van der Waals surface area contributed by atoms with Gasteiger partial charge < -0.3 is 0 Å². The van der Waals surface area contributed by atoms with Crippen LogP contribution in [-0.4, -0.2) is 0 Å². The van der Waals surface area contributed by atoms with Crippen LogP contribution in [0.2, 0.25) is 5.02 Å². The summed E-state index contributed by atoms with van der Waals surface area (Å²) in [4.78, 5) is 0. The van der Waals surface area contributed by atoms with Gasteiger partial charge in [-0.1, -0.05) is 37.9 Å². The highest BCUT2D eigenvalue weighted by Gasteiger charge is 2.11. The molecule has 0 nitrogen and oxygen atoms in total. The summed E-state index contributed by atoms with van der Waals surface area (Å²) in [5, 5.41) is 0.171. The quantitative estimate of drug-likeness (QED) is 0.695. The highest BCUT2D eigenvalue weighted by atomic mass is 79.9. The Kier molecular flexibility index (Phi) is 4.39. The SMILES string of the molecule is CCC(C)Cc1ccc(Cl)c(F)c1Br. The Morgan fingerprint density at radius 1 is 1.50 bits per heavy atom. The first-order valence-electron chi connectivity index (χ1n) is 4.68. The lowest BCUT2D eigenvalue weighted by Gasteiger charge is -2.11. The molecule has 0 radical (unpaired) electrons. The molecule has 1 aromatic rings. The summed E-state index contributed by atoms with van der Waals surface area (Å²) < 4.78 is 13.9. The predicted molar refractivity (Wildman–Crippen MR) is 62.3 cm³/mol. The molecule has 1 unspecified atom stereocenters. The minimum atomic E-state index is -0.354. The van der Waals surface area contributed by atoms with Crippen LogP contribution < -0.4 is 0 Å². The molecule has 0 N–H and O–H groups in total. The van der Waals surface area contributed by atoms with E-state index in [1.54, 1.807) is 6.07 Å². The summed E-state index contributed by atoms with van der Waals surface area (Å²) >= 11 is 8.88. The van der Waals surface area contributed by atoms with E-state index in [2.05, 4.69) is 29.8 Å². The molecular formula is C11H13BrClF. The molecular weight excluding hydrogens is 266 g/mol. The fourth-order valence-corrected chi connectivity index (χ4v) is 2.02. The Bertz CT molecular complexity index is 325. The highest BCUT2D eigenvalue weighted by Crippen LogP contribution is 2.28. The lowest BCUT2D eigenvalue weighted by Crippen LogP contribution is -1.99. The molecule has 0 heterocycles. The van der Waals surface area contributed by atoms with Crippen LogP contribution in [0.1, 0.15) is 25.8 Å². The summed E-state index contributed by atoms with van der Waals surface area (Å²) in [6.07, 6.45) is 1.97. The highest BCUT2D eigenvalue weighted by molar-refractivity contribution is 9.10. The first-order chi connectivity index (χ1) is 6.56. The van der Waals surface area contributed by atoms with Gasteiger partial charge in [0.1, 0.15) is 0 Å². The summed E-state index contributed by atoms with van der Waals surface area (Å²) in [6, 6.07) is 3.49. The van der Waals surface area contributed by atoms with Crippen molar-refractivity contribution in [3.05, 3.63) is 33.0 Å². The lowest BCUT2D eigenvalue weighted by molar-refractivity contribution is 0.553. The Balaban J connectivity index is 2.94. The van der Waals surface area contributed by atoms with E-state index in [4.69, 9.17) is 11.6 Å². The summed E-state index contributed by atoms with van der Waals surface area (Å²) in [5.41, 5.74) is 0.987. The second kappa shape index (κ2) is 5.13. The van der Waals surface area contributed by atoms with Crippen LogP contribution in [0, 0.1) is 11.7 Å². The molecule has 78 valence electrons. The van der Waals surface area contributed by atoms with Crippen molar-refractivity contribution < 1.29 is 4.39 Å². The molecule has 0 saturated heterocycles. The number of rotatable bonds is 3. The first-order valence-corrected chi connectivity index (χ1v) is 5.85. The number of hydrogen-bond acceptors (Lipinski definition) is 0. The second-order valence-electron chi connectivity index (χ2n) is 3.55. The summed E-state index contributed by atoms with van der Waals surface area (Å²) in [6.45, 7) is 4.28. The molecule has 0 aliphatic heterocycles. The fourth-order valence-electron chi connectivity index (χ4n) is 1.24. The molecule has 0 spiro atoms. The predicted octanol–water partition coefficient (Wildman–Crippen LogP) is 4.83. The number of benzene rings is 1. The van der Waals surface area contributed by atoms with E-state index in [1.165, 1.54) is 0 Å². The van der Waals surface area contributed by atoms with Crippen molar-refractivity contribution in [1.82, 2.24) is 0 Å². The van der Waals surface area contributed by atoms with E-state index >= 15 is 0 Å². The first kappa shape index (κ1) is 12.0. The van der Waals surface area contributed by atoms with Gasteiger partial charge in [-0.15, -0.1) is 0 Å². The van der Waals surface area contributed by atoms with Crippen molar-refractivity contribution in [3.63, 3.8) is 0 Å². The van der Waals surface area contributed by atoms with Gasteiger partial charge in [-0.05, 0) is 39.9 Å². The van der Waals surface area contributed by atoms with Crippen molar-refractivity contribution in [1.29, 1.82) is 0 Å². The average Bonchev–Trinajstić information content (AvgIpc) is 2.19. The van der Waals surface area contributed by atoms with E-state index in [0.717, 1.165) is 18.4 Å². The topological polar surface area (TPSA) is 0 Å². The Morgan fingerprint density at radius 3 is 2.71 bits per heavy atom. The van der Waals surface area contributed by atoms with Crippen molar-refractivity contribution in [2.45, 2.75) is 26.7 Å². The molecule has 0 aromatic heterocycles. The van der Waals surface area contributed by atoms with Crippen molar-refractivity contribution in [2.75, 3.05) is 0 Å². The Labute approximate surface area is 97.6 Å². The van der Waals surface area contributed by atoms with Crippen LogP contribution in [0.4, 0.5) is 4.39 Å². The Morgan fingerprint density at radius 2 is 2.14 bits per heavy atom. The van der Waals surface area contributed by atoms with Gasteiger partial charge in [-0.25, -0.2) is 4.39 Å². The van der Waals surface area contributed by atoms with E-state index in [1.807, 2.05) is 6.07 Å². The molecule has 1 atom stereocenters. The van der Waals surface area contributed by atoms with Gasteiger partial charge >= 0.3 is 0 Å². The maximum atomic E-state index is 13.4. The minimum Gasteiger partial charge on any atom is -0.204 e. The molecule has 0 amide bonds. The van der Waals surface area contributed by atoms with E-state index in [9.17, 15) is 4.39 Å². The molecule has 1 rings (SSSR count). The molecule has 0 aliphatic carbocycles. The molecule has 0 saturated carbocycles. The number of halogens is 3. The van der Waals surface area contributed by atoms with Crippen LogP contribution in [0.15, 0.2) is 16.6 Å². The van der Waals surface area contributed by atoms with Crippen LogP contribution >= 0.6 is 27.5 Å². The number of hydrogen-bond donors (Lipinski definition) is 0. The van der Waals surface area contributed by atoms with Gasteiger partial charge in [-0.3, -0.25) is 0 Å². The molecule has 0 aliphatic rings. The lowest BCUT2D eigenvalue weighted by atomic mass is 9.99. The fraction of sp³-hybridized carbons (Fsp3) is 0.455. The van der Waals surface area contributed by atoms with Gasteiger partial charge in [-0.2, -0.15) is 0 Å². The van der Waals surface area contributed by atoms with E-state index < -0.39 is 0 Å². The molecule has 3 heteroatoms. The van der Waals surface area contributed by atoms with Crippen molar-refractivity contribution in [3.8, 4) is 0 Å². The molecule has 0 bridgehead atoms. The van der Waals surface area contributed by atoms with Crippen LogP contribution in [-0.2, 0) is 6.42 Å². The maximum Gasteiger partial charge on any atom is 0.156 e. The van der Waals surface area contributed by atoms with Gasteiger partial charge in [0.15, 0.2) is 5.82 Å². The Hall–Kier alpha value is -0.0800. The largest absolute Gasteiger partial charge is 0.204 e. The summed E-state index contributed by atoms with van der Waals surface area (Å²) in [7, 11) is 0. The zero-order valence-electron chi connectivity index (χ0n) is 8.28. The van der Waals surface area contributed by atoms with Crippen LogP contribution in [0.3, 0.4) is 0 Å². The van der Waals surface area contributed by atoms with Gasteiger partial charge in [0, 0.05) is 0 Å². The van der Waals surface area contributed by atoms with Gasteiger partial charge in [0.05, 0.1) is 9.50 Å². The van der Waals surface area contributed by atoms with Gasteiger partial charge in [0.25, 0.3) is 0 Å². The standard InChI is InChI=1S/C11H13BrClF/c1-3-7(2)6-8-4-5-9(13)11(14)10(8)12/h4-5,7H,3,6H2,1-2H3. The third kappa shape index (κ3) is 2.71. The minimum absolute atomic E-state index is 0.171. The van der Waals surface area contributed by atoms with Crippen molar-refractivity contribution >= 4 is 27.5 Å². The van der Waals surface area contributed by atoms with Gasteiger partial charge in [0.2, 0.25) is 0 Å². The maximum absolute atomic E-state index is 13.4. The third-order valence-corrected chi connectivity index (χ3v) is 3.53. The smallest absolute Gasteiger partial charge is 0.156 e. The third-order valence-electron chi connectivity index (χ3n) is 2.38. The zero-order chi connectivity index (χ0) is 10.7. The zero-order valence-corrected chi connectivity index (χ0v) is 10.6. The molecule has 0 fully saturated rings. The molecule has 14 heavy (non-hydrogen) atoms. The van der Waals surface area contributed by atoms with E-state index in [-0.39, 0.29) is 10.8 Å². The average molecular weight is 280 g/mol. The monoisotopic (exact) mass is 278 g/mol. The summed E-state index contributed by atoms with van der Waals surface area (Å²) in [5.74, 6) is 0.208. The van der Waals surface area contributed by atoms with Crippen molar-refractivity contribution in [2.24, 2.45) is 5.92 Å². The normalized spacial score (nSPS) is 12.9. The van der Waals surface area contributed by atoms with E-state index in [0.29, 0.717) is 10.4 Å². The van der Waals surface area contributed by atoms with Crippen LogP contribution in [0.25, 0.3) is 0 Å².